The maximum Gasteiger partial charge on any atom is 0.417 e. The zero-order chi connectivity index (χ0) is 59.5. The molecule has 2 saturated heterocycles. The van der Waals surface area contributed by atoms with E-state index in [0.717, 1.165) is 27.8 Å². The number of aryl methyl sites for hydroxylation is 1. The molecular formula is C59H72F4N8O10S. The fourth-order valence-electron chi connectivity index (χ4n) is 9.98. The number of pyridine rings is 1. The molecule has 442 valence electrons. The van der Waals surface area contributed by atoms with Crippen molar-refractivity contribution in [1.82, 2.24) is 30.4 Å². The molecule has 0 saturated carbocycles. The van der Waals surface area contributed by atoms with Gasteiger partial charge < -0.3 is 50.1 Å². The van der Waals surface area contributed by atoms with Gasteiger partial charge in [-0.2, -0.15) is 13.2 Å². The van der Waals surface area contributed by atoms with Gasteiger partial charge in [-0.1, -0.05) is 57.2 Å². The third kappa shape index (κ3) is 16.4. The number of benzene rings is 3. The summed E-state index contributed by atoms with van der Waals surface area (Å²) in [7, 11) is 1.98. The standard InChI is InChI=1S/C59H72F4N8O10S/c1-35-31-70(32-36(2)69(35)7)50-15-13-40(25-49(50)68-55(76)45-30-65-52(74)28-46(45)59(61,62)63)44-14-12-41(24-48(44)60)54(75)64-17-19-80-21-23-81-22-20-79-18-16-42(72)26-47(58(4,5)6)57(78)71-33-43(73)27-51(71)56(77)66-29-38-8-10-39(11-9-38)53-37(3)67-34-82-53/h8-15,24-25,28,30,34-36,43,47,51,73H,16-23,26-27,29,31-33H2,1-7H3,(H,64,75)(H,65,74)(H,66,77)(H,68,76)/t35-,36+,43-,47-,51+/m1/s1. The van der Waals surface area contributed by atoms with Crippen LogP contribution in [0.5, 0.6) is 0 Å². The zero-order valence-electron chi connectivity index (χ0n) is 47.1. The number of carbonyl (C=O) groups excluding carboxylic acids is 5. The molecule has 0 unspecified atom stereocenters. The Balaban J connectivity index is 0.807. The Hall–Kier alpha value is -6.89. The Kier molecular flexibility index (Phi) is 21.4. The van der Waals surface area contributed by atoms with Gasteiger partial charge >= 0.3 is 6.18 Å². The summed E-state index contributed by atoms with van der Waals surface area (Å²) in [4.78, 5) is 92.1. The number of halogens is 4. The third-order valence-corrected chi connectivity index (χ3v) is 15.8. The van der Waals surface area contributed by atoms with Crippen molar-refractivity contribution in [2.45, 2.75) is 97.8 Å². The van der Waals surface area contributed by atoms with Crippen molar-refractivity contribution in [2.24, 2.45) is 11.3 Å². The number of Topliss-reactive ketones (excluding diaryl/α,β-unsaturated/α-hetero) is 1. The molecule has 2 aromatic heterocycles. The molecule has 2 aliphatic rings. The number of H-pyrrole nitrogens is 1. The maximum atomic E-state index is 15.8. The Morgan fingerprint density at radius 3 is 2.13 bits per heavy atom. The second-order valence-electron chi connectivity index (χ2n) is 21.9. The predicted octanol–water partition coefficient (Wildman–Crippen LogP) is 7.48. The highest BCUT2D eigenvalue weighted by atomic mass is 32.1. The van der Waals surface area contributed by atoms with E-state index in [1.165, 1.54) is 23.1 Å². The topological polar surface area (TPSA) is 225 Å². The number of nitrogens with zero attached hydrogens (tertiary/aromatic N) is 4. The number of hydrogen-bond donors (Lipinski definition) is 5. The summed E-state index contributed by atoms with van der Waals surface area (Å²) in [5.74, 6) is -4.12. The van der Waals surface area contributed by atoms with Crippen LogP contribution in [-0.4, -0.2) is 151 Å². The van der Waals surface area contributed by atoms with E-state index in [0.29, 0.717) is 31.0 Å². The van der Waals surface area contributed by atoms with E-state index in [1.54, 1.807) is 29.0 Å². The molecule has 82 heavy (non-hydrogen) atoms. The van der Waals surface area contributed by atoms with E-state index in [-0.39, 0.29) is 131 Å². The largest absolute Gasteiger partial charge is 0.417 e. The molecular weight excluding hydrogens is 1090 g/mol. The average Bonchev–Trinajstić information content (AvgIpc) is 4.21. The van der Waals surface area contributed by atoms with Gasteiger partial charge in [-0.15, -0.1) is 11.3 Å². The lowest BCUT2D eigenvalue weighted by Crippen LogP contribution is -2.55. The Labute approximate surface area is 477 Å². The number of thiazole rings is 1. The van der Waals surface area contributed by atoms with Gasteiger partial charge in [0.2, 0.25) is 17.4 Å². The smallest absolute Gasteiger partial charge is 0.391 e. The van der Waals surface area contributed by atoms with E-state index in [9.17, 15) is 47.0 Å². The monoisotopic (exact) mass is 1160 g/mol. The highest BCUT2D eigenvalue weighted by Gasteiger charge is 2.44. The molecule has 2 aliphatic heterocycles. The number of carbonyl (C=O) groups is 5. The minimum atomic E-state index is -5.00. The number of anilines is 2. The number of ketones is 1. The number of β-amino-alcohol motifs (C(OH)–C–C–N with tert-alkyl or cyclic N) is 1. The summed E-state index contributed by atoms with van der Waals surface area (Å²) >= 11 is 1.56. The van der Waals surface area contributed by atoms with Crippen LogP contribution in [0.2, 0.25) is 0 Å². The van der Waals surface area contributed by atoms with Gasteiger partial charge in [0.05, 0.1) is 84.3 Å². The lowest BCUT2D eigenvalue weighted by molar-refractivity contribution is -0.146. The number of hydrogen-bond acceptors (Lipinski definition) is 14. The molecule has 0 radical (unpaired) electrons. The number of aromatic nitrogens is 2. The maximum absolute atomic E-state index is 15.8. The van der Waals surface area contributed by atoms with Crippen LogP contribution in [0.1, 0.15) is 91.4 Å². The van der Waals surface area contributed by atoms with Crippen molar-refractivity contribution in [3.63, 3.8) is 0 Å². The molecule has 5 aromatic rings. The van der Waals surface area contributed by atoms with Gasteiger partial charge in [0.1, 0.15) is 17.6 Å². The van der Waals surface area contributed by atoms with Gasteiger partial charge in [0, 0.05) is 93.4 Å². The first-order chi connectivity index (χ1) is 38.9. The Morgan fingerprint density at radius 2 is 1.50 bits per heavy atom. The van der Waals surface area contributed by atoms with Gasteiger partial charge in [-0.05, 0) is 74.2 Å². The molecule has 4 heterocycles. The summed E-state index contributed by atoms with van der Waals surface area (Å²) in [5, 5.41) is 18.8. The highest BCUT2D eigenvalue weighted by Crippen LogP contribution is 2.38. The van der Waals surface area contributed by atoms with Gasteiger partial charge in [-0.25, -0.2) is 9.37 Å². The van der Waals surface area contributed by atoms with Gasteiger partial charge in [0.25, 0.3) is 11.8 Å². The first-order valence-corrected chi connectivity index (χ1v) is 28.1. The van der Waals surface area contributed by atoms with Crippen LogP contribution >= 0.6 is 11.3 Å². The van der Waals surface area contributed by atoms with Crippen molar-refractivity contribution < 1.29 is 60.9 Å². The van der Waals surface area contributed by atoms with Crippen LogP contribution in [0.25, 0.3) is 21.6 Å². The summed E-state index contributed by atoms with van der Waals surface area (Å²) in [5.41, 5.74) is 1.78. The highest BCUT2D eigenvalue weighted by molar-refractivity contribution is 7.13. The summed E-state index contributed by atoms with van der Waals surface area (Å²) < 4.78 is 74.4. The average molecular weight is 1160 g/mol. The molecule has 4 amide bonds. The van der Waals surface area contributed by atoms with Crippen LogP contribution in [0.4, 0.5) is 28.9 Å². The van der Waals surface area contributed by atoms with E-state index >= 15 is 4.39 Å². The number of nitrogens with one attached hydrogen (secondary N) is 4. The van der Waals surface area contributed by atoms with Crippen LogP contribution in [0.3, 0.4) is 0 Å². The number of ether oxygens (including phenoxy) is 3. The number of likely N-dealkylation sites (N-methyl/N-ethyl adjacent to an activating group) is 1. The number of rotatable bonds is 24. The van der Waals surface area contributed by atoms with Crippen molar-refractivity contribution in [2.75, 3.05) is 83.1 Å². The minimum absolute atomic E-state index is 0.00978. The number of aliphatic hydroxyl groups excluding tert-OH is 1. The second-order valence-corrected chi connectivity index (χ2v) is 22.7. The summed E-state index contributed by atoms with van der Waals surface area (Å²) in [6.45, 7) is 14.0. The number of aliphatic hydroxyl groups is 1. The third-order valence-electron chi connectivity index (χ3n) is 14.8. The molecule has 7 rings (SSSR count). The number of amides is 4. The first kappa shape index (κ1) is 62.7. The number of piperazine rings is 1. The molecule has 2 fully saturated rings. The summed E-state index contributed by atoms with van der Waals surface area (Å²) in [6, 6.07) is 16.0. The molecule has 3 aromatic carbocycles. The first-order valence-electron chi connectivity index (χ1n) is 27.2. The van der Waals surface area contributed by atoms with Gasteiger partial charge in [-0.3, -0.25) is 33.7 Å². The van der Waals surface area contributed by atoms with Gasteiger partial charge in [0.15, 0.2) is 0 Å². The van der Waals surface area contributed by atoms with Crippen molar-refractivity contribution in [1.29, 1.82) is 0 Å². The lowest BCUT2D eigenvalue weighted by atomic mass is 9.76. The van der Waals surface area contributed by atoms with E-state index in [2.05, 4.69) is 30.8 Å². The quantitative estimate of drug-likeness (QED) is 0.0299. The van der Waals surface area contributed by atoms with Crippen molar-refractivity contribution in [3.05, 3.63) is 123 Å². The normalized spacial score (nSPS) is 18.1. The second kappa shape index (κ2) is 27.9. The minimum Gasteiger partial charge on any atom is -0.391 e. The lowest BCUT2D eigenvalue weighted by Gasteiger charge is -2.44. The number of likely N-dealkylation sites (tertiary alicyclic amines) is 1. The van der Waals surface area contributed by atoms with Crippen LogP contribution in [-0.2, 0) is 41.3 Å². The number of alkyl halides is 3. The SMILES string of the molecule is Cc1ncsc1-c1ccc(CNC(=O)[C@@H]2C[C@@H](O)CN2C(=O)[C@@H](CC(=O)CCOCCOCCOCCNC(=O)c2ccc(-c3ccc(N4C[C@@H](C)N(C)[C@@H](C)C4)c(NC(=O)c4c[nH]c(=O)cc4C(F)(F)F)c3)c(F)c2)C(C)(C)C)cc1. The van der Waals surface area contributed by atoms with Crippen LogP contribution in [0, 0.1) is 24.1 Å². The molecule has 23 heteroatoms. The van der Waals surface area contributed by atoms with E-state index in [1.807, 2.05) is 77.8 Å². The van der Waals surface area contributed by atoms with Crippen molar-refractivity contribution >= 4 is 52.1 Å². The Bertz CT molecular complexity index is 3100. The van der Waals surface area contributed by atoms with E-state index < -0.39 is 64.0 Å². The summed E-state index contributed by atoms with van der Waals surface area (Å²) in [6.07, 6.45) is -5.07. The molecule has 0 aliphatic carbocycles. The molecule has 5 atom stereocenters. The Morgan fingerprint density at radius 1 is 0.841 bits per heavy atom. The zero-order valence-corrected chi connectivity index (χ0v) is 47.9. The number of aromatic amines is 1. The van der Waals surface area contributed by atoms with Crippen LogP contribution < -0.4 is 26.4 Å². The fourth-order valence-corrected chi connectivity index (χ4v) is 10.8. The van der Waals surface area contributed by atoms with E-state index in [4.69, 9.17) is 14.2 Å². The molecule has 5 N–H and O–H groups in total. The molecule has 18 nitrogen and oxygen atoms in total. The fraction of sp³-hybridized carbons (Fsp3) is 0.475. The molecule has 0 spiro atoms. The predicted molar refractivity (Wildman–Crippen MR) is 303 cm³/mol. The van der Waals surface area contributed by atoms with Crippen LogP contribution in [0.15, 0.2) is 83.2 Å². The van der Waals surface area contributed by atoms with Crippen molar-refractivity contribution in [3.8, 4) is 21.6 Å². The molecule has 0 bridgehead atoms.